The highest BCUT2D eigenvalue weighted by Gasteiger charge is 2.36. The lowest BCUT2D eigenvalue weighted by atomic mass is 9.95. The lowest BCUT2D eigenvalue weighted by Crippen LogP contribution is -2.24. The van der Waals surface area contributed by atoms with Crippen molar-refractivity contribution in [2.24, 2.45) is 0 Å². The van der Waals surface area contributed by atoms with Crippen LogP contribution in [0.25, 0.3) is 16.9 Å². The first-order chi connectivity index (χ1) is 13.4. The lowest BCUT2D eigenvalue weighted by molar-refractivity contribution is -0.141. The fourth-order valence-corrected chi connectivity index (χ4v) is 3.79. The maximum absolute atomic E-state index is 14.4. The minimum Gasteiger partial charge on any atom is -0.367 e. The van der Waals surface area contributed by atoms with Crippen molar-refractivity contribution in [3.05, 3.63) is 53.7 Å². The van der Waals surface area contributed by atoms with Crippen molar-refractivity contribution in [3.63, 3.8) is 0 Å². The number of pyridine rings is 1. The van der Waals surface area contributed by atoms with Crippen LogP contribution in [0.4, 0.5) is 27.8 Å². The predicted molar refractivity (Wildman–Crippen MR) is 96.0 cm³/mol. The maximum atomic E-state index is 14.4. The molecule has 0 radical (unpaired) electrons. The lowest BCUT2D eigenvalue weighted by Gasteiger charge is -2.25. The monoisotopic (exact) mass is 395 g/mol. The fourth-order valence-electron chi connectivity index (χ4n) is 3.79. The van der Waals surface area contributed by atoms with Gasteiger partial charge in [-0.3, -0.25) is 4.40 Å². The summed E-state index contributed by atoms with van der Waals surface area (Å²) in [4.78, 5) is 4.16. The van der Waals surface area contributed by atoms with Gasteiger partial charge in [0.15, 0.2) is 0 Å². The van der Waals surface area contributed by atoms with Gasteiger partial charge in [0, 0.05) is 6.04 Å². The van der Waals surface area contributed by atoms with E-state index in [4.69, 9.17) is 0 Å². The van der Waals surface area contributed by atoms with Crippen LogP contribution in [0.15, 0.2) is 36.4 Å². The van der Waals surface area contributed by atoms with Gasteiger partial charge in [0.25, 0.3) is 0 Å². The van der Waals surface area contributed by atoms with Gasteiger partial charge in [0.2, 0.25) is 0 Å². The number of anilines is 1. The van der Waals surface area contributed by atoms with Gasteiger partial charge in [-0.25, -0.2) is 13.8 Å². The van der Waals surface area contributed by atoms with Crippen molar-refractivity contribution >= 4 is 11.5 Å². The van der Waals surface area contributed by atoms with Gasteiger partial charge in [0.1, 0.15) is 34.5 Å². The van der Waals surface area contributed by atoms with Gasteiger partial charge in [0.05, 0.1) is 5.56 Å². The minimum absolute atomic E-state index is 0.0224. The summed E-state index contributed by atoms with van der Waals surface area (Å²) in [5, 5.41) is 3.11. The number of hydrogen-bond acceptors (Lipinski definition) is 2. The molecule has 3 nitrogen and oxygen atoms in total. The number of halogens is 5. The second-order valence-electron chi connectivity index (χ2n) is 6.99. The maximum Gasteiger partial charge on any atom is 0.431 e. The molecule has 0 amide bonds. The summed E-state index contributed by atoms with van der Waals surface area (Å²) in [6.07, 6.45) is -0.128. The molecule has 0 aliphatic heterocycles. The summed E-state index contributed by atoms with van der Waals surface area (Å²) >= 11 is 0. The Hall–Kier alpha value is -2.64. The Kier molecular flexibility index (Phi) is 4.72. The zero-order valence-corrected chi connectivity index (χ0v) is 14.9. The molecule has 2 heterocycles. The molecule has 1 aromatic carbocycles. The first-order valence-corrected chi connectivity index (χ1v) is 9.16. The third-order valence-corrected chi connectivity index (χ3v) is 5.08. The number of nitrogens with one attached hydrogen (secondary N) is 1. The Balaban J connectivity index is 1.97. The Bertz CT molecular complexity index is 983. The van der Waals surface area contributed by atoms with Gasteiger partial charge in [-0.1, -0.05) is 31.4 Å². The van der Waals surface area contributed by atoms with Gasteiger partial charge >= 0.3 is 6.18 Å². The van der Waals surface area contributed by atoms with Crippen molar-refractivity contribution in [2.45, 2.75) is 44.3 Å². The number of imidazole rings is 1. The topological polar surface area (TPSA) is 29.3 Å². The minimum atomic E-state index is -4.64. The molecule has 0 atom stereocenters. The molecule has 28 heavy (non-hydrogen) atoms. The largest absolute Gasteiger partial charge is 0.431 e. The van der Waals surface area contributed by atoms with Gasteiger partial charge in [-0.2, -0.15) is 13.2 Å². The summed E-state index contributed by atoms with van der Waals surface area (Å²) in [7, 11) is 0. The van der Waals surface area contributed by atoms with Crippen LogP contribution in [0.5, 0.6) is 0 Å². The van der Waals surface area contributed by atoms with Crippen LogP contribution in [0.3, 0.4) is 0 Å². The molecule has 2 aromatic heterocycles. The molecule has 148 valence electrons. The molecule has 0 saturated heterocycles. The highest BCUT2D eigenvalue weighted by atomic mass is 19.4. The summed E-state index contributed by atoms with van der Waals surface area (Å²) in [6.45, 7) is 0. The SMILES string of the molecule is Fc1cccc(F)c1-c1nc2cccc(C(F)(F)F)n2c1NC1CCCCC1. The van der Waals surface area contributed by atoms with E-state index in [2.05, 4.69) is 10.3 Å². The third-order valence-electron chi connectivity index (χ3n) is 5.08. The zero-order chi connectivity index (χ0) is 19.9. The van der Waals surface area contributed by atoms with Crippen molar-refractivity contribution in [3.8, 4) is 11.3 Å². The Morgan fingerprint density at radius 2 is 1.57 bits per heavy atom. The second kappa shape index (κ2) is 7.07. The van der Waals surface area contributed by atoms with Gasteiger partial charge in [-0.15, -0.1) is 0 Å². The van der Waals surface area contributed by atoms with E-state index in [-0.39, 0.29) is 23.2 Å². The Morgan fingerprint density at radius 3 is 2.21 bits per heavy atom. The fraction of sp³-hybridized carbons (Fsp3) is 0.350. The Labute approximate surface area is 158 Å². The molecule has 1 aliphatic rings. The molecule has 1 N–H and O–H groups in total. The zero-order valence-electron chi connectivity index (χ0n) is 14.9. The summed E-state index contributed by atoms with van der Waals surface area (Å²) < 4.78 is 70.6. The first kappa shape index (κ1) is 18.7. The number of fused-ring (bicyclic) bond motifs is 1. The van der Waals surface area contributed by atoms with Crippen LogP contribution in [-0.4, -0.2) is 15.4 Å². The van der Waals surface area contributed by atoms with E-state index in [1.807, 2.05) is 0 Å². The van der Waals surface area contributed by atoms with Crippen molar-refractivity contribution in [1.29, 1.82) is 0 Å². The number of nitrogens with zero attached hydrogens (tertiary/aromatic N) is 2. The molecule has 1 aliphatic carbocycles. The average molecular weight is 395 g/mol. The quantitative estimate of drug-likeness (QED) is 0.548. The molecule has 0 unspecified atom stereocenters. The molecule has 3 aromatic rings. The smallest absolute Gasteiger partial charge is 0.367 e. The normalized spacial score (nSPS) is 15.9. The molecule has 8 heteroatoms. The number of alkyl halides is 3. The molecule has 1 fully saturated rings. The molecular weight excluding hydrogens is 377 g/mol. The van der Waals surface area contributed by atoms with E-state index in [0.29, 0.717) is 0 Å². The summed E-state index contributed by atoms with van der Waals surface area (Å²) in [5.41, 5.74) is -1.56. The molecule has 4 rings (SSSR count). The van der Waals surface area contributed by atoms with Gasteiger partial charge < -0.3 is 5.32 Å². The van der Waals surface area contributed by atoms with Crippen molar-refractivity contribution in [2.75, 3.05) is 5.32 Å². The third kappa shape index (κ3) is 3.31. The summed E-state index contributed by atoms with van der Waals surface area (Å²) in [6, 6.07) is 6.82. The molecular formula is C20H18F5N3. The number of rotatable bonds is 3. The highest BCUT2D eigenvalue weighted by molar-refractivity contribution is 5.78. The van der Waals surface area contributed by atoms with E-state index in [0.717, 1.165) is 54.7 Å². The first-order valence-electron chi connectivity index (χ1n) is 9.16. The van der Waals surface area contributed by atoms with Crippen LogP contribution < -0.4 is 5.32 Å². The molecule has 1 saturated carbocycles. The van der Waals surface area contributed by atoms with E-state index < -0.39 is 29.1 Å². The second-order valence-corrected chi connectivity index (χ2v) is 6.99. The summed E-state index contributed by atoms with van der Waals surface area (Å²) in [5.74, 6) is -1.77. The van der Waals surface area contributed by atoms with E-state index in [9.17, 15) is 22.0 Å². The Morgan fingerprint density at radius 1 is 0.929 bits per heavy atom. The average Bonchev–Trinajstić information content (AvgIpc) is 3.00. The van der Waals surface area contributed by atoms with E-state index in [1.165, 1.54) is 18.2 Å². The predicted octanol–water partition coefficient (Wildman–Crippen LogP) is 6.04. The van der Waals surface area contributed by atoms with E-state index in [1.54, 1.807) is 0 Å². The number of benzene rings is 1. The standard InChI is InChI=1S/C20H18F5N3/c21-13-8-4-9-14(22)17(13)18-19(26-12-6-2-1-3-7-12)28-15(20(23,24)25)10-5-11-16(28)27-18/h4-5,8-12,26H,1-3,6-7H2. The molecule has 0 spiro atoms. The van der Waals surface area contributed by atoms with Crippen LogP contribution in [-0.2, 0) is 6.18 Å². The van der Waals surface area contributed by atoms with E-state index >= 15 is 0 Å². The van der Waals surface area contributed by atoms with Crippen LogP contribution >= 0.6 is 0 Å². The van der Waals surface area contributed by atoms with Crippen LogP contribution in [0.2, 0.25) is 0 Å². The number of aromatic nitrogens is 2. The number of hydrogen-bond donors (Lipinski definition) is 1. The highest BCUT2D eigenvalue weighted by Crippen LogP contribution is 2.38. The molecule has 0 bridgehead atoms. The van der Waals surface area contributed by atoms with Gasteiger partial charge in [-0.05, 0) is 37.1 Å². The van der Waals surface area contributed by atoms with Crippen LogP contribution in [0.1, 0.15) is 37.8 Å². The van der Waals surface area contributed by atoms with Crippen molar-refractivity contribution in [1.82, 2.24) is 9.38 Å². The van der Waals surface area contributed by atoms with Crippen LogP contribution in [0, 0.1) is 11.6 Å². The van der Waals surface area contributed by atoms with Crippen molar-refractivity contribution < 1.29 is 22.0 Å².